The first-order chi connectivity index (χ1) is 8.76. The van der Waals surface area contributed by atoms with Gasteiger partial charge in [0, 0.05) is 26.6 Å². The smallest absolute Gasteiger partial charge is 0.254 e. The molecule has 6 nitrogen and oxygen atoms in total. The lowest BCUT2D eigenvalue weighted by Gasteiger charge is -2.06. The number of rotatable bonds is 9. The van der Waals surface area contributed by atoms with Gasteiger partial charge in [-0.25, -0.2) is 4.98 Å². The summed E-state index contributed by atoms with van der Waals surface area (Å²) in [6.45, 7) is 4.18. The van der Waals surface area contributed by atoms with Crippen molar-refractivity contribution in [3.8, 4) is 5.88 Å². The lowest BCUT2D eigenvalue weighted by atomic mass is 10.4. The largest absolute Gasteiger partial charge is 0.477 e. The van der Waals surface area contributed by atoms with E-state index >= 15 is 0 Å². The van der Waals surface area contributed by atoms with Gasteiger partial charge in [0.05, 0.1) is 25.9 Å². The Morgan fingerprint density at radius 3 is 2.83 bits per heavy atom. The van der Waals surface area contributed by atoms with Crippen molar-refractivity contribution in [2.24, 2.45) is 0 Å². The molecule has 0 atom stereocenters. The van der Waals surface area contributed by atoms with Crippen LogP contribution in [0, 0.1) is 0 Å². The van der Waals surface area contributed by atoms with Gasteiger partial charge >= 0.3 is 0 Å². The summed E-state index contributed by atoms with van der Waals surface area (Å²) in [6.07, 6.45) is 1.42. The van der Waals surface area contributed by atoms with Crippen LogP contribution in [0.5, 0.6) is 5.88 Å². The Morgan fingerprint density at radius 2 is 2.11 bits per heavy atom. The van der Waals surface area contributed by atoms with E-state index in [0.29, 0.717) is 44.6 Å². The highest BCUT2D eigenvalue weighted by molar-refractivity contribution is 5.08. The molecular weight excluding hydrogens is 236 g/mol. The Hall–Kier alpha value is -1.40. The molecule has 6 heteroatoms. The summed E-state index contributed by atoms with van der Waals surface area (Å²) in [5, 5.41) is 0. The number of nitrogens with one attached hydrogen (secondary N) is 1. The molecule has 0 saturated heterocycles. The van der Waals surface area contributed by atoms with Gasteiger partial charge in [0.25, 0.3) is 5.56 Å². The molecule has 0 bridgehead atoms. The number of methoxy groups -OCH3 is 1. The summed E-state index contributed by atoms with van der Waals surface area (Å²) in [5.74, 6) is 1.00. The molecule has 0 unspecified atom stereocenters. The zero-order valence-electron chi connectivity index (χ0n) is 10.9. The van der Waals surface area contributed by atoms with Gasteiger partial charge in [-0.3, -0.25) is 4.79 Å². The predicted octanol–water partition coefficient (Wildman–Crippen LogP) is 0.764. The Labute approximate surface area is 106 Å². The lowest BCUT2D eigenvalue weighted by molar-refractivity contribution is 0.0642. The Bertz CT molecular complexity index is 392. The van der Waals surface area contributed by atoms with Gasteiger partial charge in [0.2, 0.25) is 5.88 Å². The first-order valence-corrected chi connectivity index (χ1v) is 6.06. The van der Waals surface area contributed by atoms with E-state index in [1.807, 2.05) is 6.92 Å². The van der Waals surface area contributed by atoms with Crippen LogP contribution in [0.4, 0.5) is 0 Å². The fourth-order valence-electron chi connectivity index (χ4n) is 1.31. The minimum atomic E-state index is -0.187. The van der Waals surface area contributed by atoms with Crippen molar-refractivity contribution in [2.75, 3.05) is 33.5 Å². The maximum atomic E-state index is 11.3. The summed E-state index contributed by atoms with van der Waals surface area (Å²) in [5.41, 5.74) is -0.187. The molecule has 0 radical (unpaired) electrons. The molecule has 1 aromatic heterocycles. The van der Waals surface area contributed by atoms with Crippen molar-refractivity contribution < 1.29 is 14.2 Å². The van der Waals surface area contributed by atoms with Crippen LogP contribution >= 0.6 is 0 Å². The van der Waals surface area contributed by atoms with Crippen molar-refractivity contribution in [1.29, 1.82) is 0 Å². The van der Waals surface area contributed by atoms with E-state index in [4.69, 9.17) is 14.2 Å². The fraction of sp³-hybridized carbons (Fsp3) is 0.667. The summed E-state index contributed by atoms with van der Waals surface area (Å²) < 4.78 is 15.5. The van der Waals surface area contributed by atoms with E-state index in [1.165, 1.54) is 6.07 Å². The molecule has 0 amide bonds. The van der Waals surface area contributed by atoms with Crippen LogP contribution in [0.3, 0.4) is 0 Å². The molecule has 1 aromatic rings. The topological polar surface area (TPSA) is 73.4 Å². The highest BCUT2D eigenvalue weighted by atomic mass is 16.5. The van der Waals surface area contributed by atoms with Gasteiger partial charge < -0.3 is 19.2 Å². The van der Waals surface area contributed by atoms with Crippen LogP contribution in [0.25, 0.3) is 0 Å². The quantitative estimate of drug-likeness (QED) is 0.660. The van der Waals surface area contributed by atoms with Crippen LogP contribution in [-0.4, -0.2) is 43.5 Å². The third-order valence-electron chi connectivity index (χ3n) is 2.22. The van der Waals surface area contributed by atoms with Crippen molar-refractivity contribution >= 4 is 0 Å². The summed E-state index contributed by atoms with van der Waals surface area (Å²) >= 11 is 0. The standard InChI is InChI=1S/C12H20N2O4/c1-3-10-13-11(15)9-12(14-10)18-6-4-5-17-8-7-16-2/h9H,3-8H2,1-2H3,(H,13,14,15). The van der Waals surface area contributed by atoms with Crippen molar-refractivity contribution in [3.63, 3.8) is 0 Å². The monoisotopic (exact) mass is 256 g/mol. The van der Waals surface area contributed by atoms with Gasteiger partial charge in [-0.15, -0.1) is 0 Å². The average Bonchev–Trinajstić information content (AvgIpc) is 2.37. The van der Waals surface area contributed by atoms with Crippen molar-refractivity contribution in [1.82, 2.24) is 9.97 Å². The number of nitrogens with zero attached hydrogens (tertiary/aromatic N) is 1. The molecule has 0 aliphatic heterocycles. The van der Waals surface area contributed by atoms with Gasteiger partial charge in [-0.1, -0.05) is 6.92 Å². The molecule has 0 aromatic carbocycles. The van der Waals surface area contributed by atoms with Crippen LogP contribution in [0.2, 0.25) is 0 Å². The number of aromatic nitrogens is 2. The lowest BCUT2D eigenvalue weighted by Crippen LogP contribution is -2.13. The SMILES string of the molecule is CCc1nc(OCCCOCCOC)cc(=O)[nH]1. The van der Waals surface area contributed by atoms with E-state index in [9.17, 15) is 4.79 Å². The number of aromatic amines is 1. The third-order valence-corrected chi connectivity index (χ3v) is 2.22. The molecule has 0 aliphatic rings. The van der Waals surface area contributed by atoms with Gasteiger partial charge in [-0.2, -0.15) is 0 Å². The van der Waals surface area contributed by atoms with Crippen LogP contribution < -0.4 is 10.3 Å². The van der Waals surface area contributed by atoms with Crippen LogP contribution in [-0.2, 0) is 15.9 Å². The maximum Gasteiger partial charge on any atom is 0.254 e. The molecule has 1 rings (SSSR count). The first-order valence-electron chi connectivity index (χ1n) is 6.06. The van der Waals surface area contributed by atoms with E-state index in [2.05, 4.69) is 9.97 Å². The fourth-order valence-corrected chi connectivity index (χ4v) is 1.31. The van der Waals surface area contributed by atoms with Gasteiger partial charge in [0.1, 0.15) is 5.82 Å². The van der Waals surface area contributed by atoms with E-state index < -0.39 is 0 Å². The second kappa shape index (κ2) is 8.66. The Kier molecular flexibility index (Phi) is 7.05. The zero-order chi connectivity index (χ0) is 13.2. The number of hydrogen-bond acceptors (Lipinski definition) is 5. The Morgan fingerprint density at radius 1 is 1.28 bits per heavy atom. The van der Waals surface area contributed by atoms with E-state index in [1.54, 1.807) is 7.11 Å². The minimum Gasteiger partial charge on any atom is -0.477 e. The summed E-state index contributed by atoms with van der Waals surface area (Å²) in [6, 6.07) is 1.35. The van der Waals surface area contributed by atoms with Crippen LogP contribution in [0.1, 0.15) is 19.2 Å². The minimum absolute atomic E-state index is 0.187. The first kappa shape index (κ1) is 14.7. The zero-order valence-corrected chi connectivity index (χ0v) is 10.9. The molecule has 102 valence electrons. The van der Waals surface area contributed by atoms with Crippen LogP contribution in [0.15, 0.2) is 10.9 Å². The summed E-state index contributed by atoms with van der Waals surface area (Å²) in [4.78, 5) is 18.1. The predicted molar refractivity (Wildman–Crippen MR) is 67.0 cm³/mol. The second-order valence-electron chi connectivity index (χ2n) is 3.69. The second-order valence-corrected chi connectivity index (χ2v) is 3.69. The normalized spacial score (nSPS) is 10.6. The summed E-state index contributed by atoms with van der Waals surface area (Å²) in [7, 11) is 1.64. The number of aryl methyl sites for hydroxylation is 1. The maximum absolute atomic E-state index is 11.3. The molecule has 0 saturated carbocycles. The highest BCUT2D eigenvalue weighted by Gasteiger charge is 2.00. The third kappa shape index (κ3) is 5.79. The van der Waals surface area contributed by atoms with Gasteiger partial charge in [-0.05, 0) is 0 Å². The molecule has 0 spiro atoms. The Balaban J connectivity index is 2.23. The number of hydrogen-bond donors (Lipinski definition) is 1. The van der Waals surface area contributed by atoms with Gasteiger partial charge in [0.15, 0.2) is 0 Å². The van der Waals surface area contributed by atoms with Crippen molar-refractivity contribution in [3.05, 3.63) is 22.2 Å². The molecule has 0 aliphatic carbocycles. The number of ether oxygens (including phenoxy) is 3. The molecule has 1 heterocycles. The van der Waals surface area contributed by atoms with E-state index in [-0.39, 0.29) is 5.56 Å². The molecular formula is C12H20N2O4. The molecule has 0 fully saturated rings. The van der Waals surface area contributed by atoms with E-state index in [0.717, 1.165) is 6.42 Å². The highest BCUT2D eigenvalue weighted by Crippen LogP contribution is 2.03. The number of H-pyrrole nitrogens is 1. The van der Waals surface area contributed by atoms with Crippen molar-refractivity contribution in [2.45, 2.75) is 19.8 Å². The molecule has 18 heavy (non-hydrogen) atoms. The average molecular weight is 256 g/mol. The molecule has 1 N–H and O–H groups in total.